The van der Waals surface area contributed by atoms with Crippen molar-refractivity contribution >= 4 is 55.2 Å². The largest absolute Gasteiger partial charge is 0.463 e. The SMILES string of the molecule is CCOC(=O)C=C(C)/C=C/C=C(C)C=Cc1sc(C)c(Br)c1Br. The number of thiophene rings is 1. The first-order valence-electron chi connectivity index (χ1n) is 7.17. The van der Waals surface area contributed by atoms with Gasteiger partial charge >= 0.3 is 5.97 Å². The summed E-state index contributed by atoms with van der Waals surface area (Å²) in [6.45, 7) is 8.18. The Kier molecular flexibility index (Phi) is 8.81. The second kappa shape index (κ2) is 10.1. The molecule has 0 unspecified atom stereocenters. The molecule has 0 atom stereocenters. The van der Waals surface area contributed by atoms with Gasteiger partial charge in [0, 0.05) is 20.3 Å². The Morgan fingerprint density at radius 1 is 1.17 bits per heavy atom. The van der Waals surface area contributed by atoms with Gasteiger partial charge in [0.1, 0.15) is 0 Å². The van der Waals surface area contributed by atoms with Crippen LogP contribution < -0.4 is 0 Å². The van der Waals surface area contributed by atoms with Gasteiger partial charge in [0.25, 0.3) is 0 Å². The second-order valence-electron chi connectivity index (χ2n) is 4.89. The standard InChI is InChI=1S/C18H20Br2O2S/c1-5-22-16(21)11-13(3)8-6-7-12(2)9-10-15-18(20)17(19)14(4)23-15/h6-11H,5H2,1-4H3/b8-6+,10-9?,12-7?,13-11?. The number of aryl methyl sites for hydroxylation is 1. The minimum Gasteiger partial charge on any atom is -0.463 e. The Morgan fingerprint density at radius 3 is 2.43 bits per heavy atom. The molecule has 1 aromatic heterocycles. The number of rotatable bonds is 6. The fourth-order valence-corrected chi connectivity index (χ4v) is 3.90. The summed E-state index contributed by atoms with van der Waals surface area (Å²) in [5.74, 6) is -0.307. The molecule has 0 aliphatic heterocycles. The summed E-state index contributed by atoms with van der Waals surface area (Å²) >= 11 is 8.88. The maximum absolute atomic E-state index is 11.3. The average molecular weight is 460 g/mol. The molecule has 0 bridgehead atoms. The Balaban J connectivity index is 2.70. The van der Waals surface area contributed by atoms with Gasteiger partial charge in [-0.2, -0.15) is 0 Å². The molecular weight excluding hydrogens is 440 g/mol. The van der Waals surface area contributed by atoms with Crippen LogP contribution >= 0.6 is 43.2 Å². The molecule has 0 spiro atoms. The minimum absolute atomic E-state index is 0.307. The molecule has 0 fully saturated rings. The zero-order chi connectivity index (χ0) is 17.4. The monoisotopic (exact) mass is 458 g/mol. The lowest BCUT2D eigenvalue weighted by molar-refractivity contribution is -0.137. The van der Waals surface area contributed by atoms with Crippen LogP contribution in [0.1, 0.15) is 30.5 Å². The van der Waals surface area contributed by atoms with E-state index < -0.39 is 0 Å². The number of halogens is 2. The lowest BCUT2D eigenvalue weighted by Gasteiger charge is -1.96. The highest BCUT2D eigenvalue weighted by atomic mass is 79.9. The highest BCUT2D eigenvalue weighted by molar-refractivity contribution is 9.13. The van der Waals surface area contributed by atoms with Crippen molar-refractivity contribution in [2.75, 3.05) is 6.61 Å². The van der Waals surface area contributed by atoms with E-state index >= 15 is 0 Å². The van der Waals surface area contributed by atoms with Crippen molar-refractivity contribution in [2.24, 2.45) is 0 Å². The minimum atomic E-state index is -0.307. The van der Waals surface area contributed by atoms with Gasteiger partial charge in [-0.1, -0.05) is 29.9 Å². The van der Waals surface area contributed by atoms with Gasteiger partial charge in [-0.05, 0) is 71.2 Å². The molecule has 1 heterocycles. The van der Waals surface area contributed by atoms with E-state index in [9.17, 15) is 4.79 Å². The third-order valence-corrected chi connectivity index (χ3v) is 6.77. The van der Waals surface area contributed by atoms with Crippen molar-refractivity contribution in [3.8, 4) is 0 Å². The number of allylic oxidation sites excluding steroid dienone is 6. The lowest BCUT2D eigenvalue weighted by atomic mass is 10.2. The van der Waals surface area contributed by atoms with Crippen LogP contribution in [0.2, 0.25) is 0 Å². The van der Waals surface area contributed by atoms with E-state index in [0.717, 1.165) is 20.1 Å². The molecule has 1 aromatic rings. The molecule has 5 heteroatoms. The fraction of sp³-hybridized carbons (Fsp3) is 0.278. The lowest BCUT2D eigenvalue weighted by Crippen LogP contribution is -1.99. The summed E-state index contributed by atoms with van der Waals surface area (Å²) in [6.07, 6.45) is 11.5. The highest BCUT2D eigenvalue weighted by Gasteiger charge is 2.08. The molecule has 0 saturated heterocycles. The number of carbonyl (C=O) groups is 1. The molecule has 0 saturated carbocycles. The predicted octanol–water partition coefficient (Wildman–Crippen LogP) is 6.61. The Morgan fingerprint density at radius 2 is 1.87 bits per heavy atom. The van der Waals surface area contributed by atoms with Gasteiger partial charge in [-0.15, -0.1) is 11.3 Å². The van der Waals surface area contributed by atoms with E-state index in [1.54, 1.807) is 18.3 Å². The van der Waals surface area contributed by atoms with Gasteiger partial charge in [0.2, 0.25) is 0 Å². The van der Waals surface area contributed by atoms with Crippen LogP contribution in [-0.2, 0) is 9.53 Å². The van der Waals surface area contributed by atoms with E-state index in [1.807, 2.05) is 32.1 Å². The number of hydrogen-bond donors (Lipinski definition) is 0. The molecule has 0 N–H and O–H groups in total. The maximum atomic E-state index is 11.3. The number of carbonyl (C=O) groups excluding carboxylic acids is 1. The first-order chi connectivity index (χ1) is 10.8. The summed E-state index contributed by atoms with van der Waals surface area (Å²) in [6, 6.07) is 0. The van der Waals surface area contributed by atoms with Crippen LogP contribution in [0.5, 0.6) is 0 Å². The van der Waals surface area contributed by atoms with E-state index in [1.165, 1.54) is 15.8 Å². The molecule has 23 heavy (non-hydrogen) atoms. The first-order valence-corrected chi connectivity index (χ1v) is 9.57. The van der Waals surface area contributed by atoms with Crippen LogP contribution in [-0.4, -0.2) is 12.6 Å². The zero-order valence-corrected chi connectivity index (χ0v) is 17.6. The molecular formula is C18H20Br2O2S. The summed E-state index contributed by atoms with van der Waals surface area (Å²) in [5, 5.41) is 0. The third-order valence-electron chi connectivity index (χ3n) is 2.83. The molecule has 124 valence electrons. The van der Waals surface area contributed by atoms with Crippen molar-refractivity contribution in [3.05, 3.63) is 60.2 Å². The molecule has 0 aromatic carbocycles. The van der Waals surface area contributed by atoms with Crippen molar-refractivity contribution in [2.45, 2.75) is 27.7 Å². The van der Waals surface area contributed by atoms with Gasteiger partial charge in [0.15, 0.2) is 0 Å². The van der Waals surface area contributed by atoms with E-state index in [4.69, 9.17) is 4.74 Å². The van der Waals surface area contributed by atoms with Gasteiger partial charge in [0.05, 0.1) is 11.1 Å². The third kappa shape index (κ3) is 7.02. The quantitative estimate of drug-likeness (QED) is 0.272. The molecule has 0 aliphatic carbocycles. The Labute approximate surface area is 158 Å². The summed E-state index contributed by atoms with van der Waals surface area (Å²) in [5.41, 5.74) is 1.98. The highest BCUT2D eigenvalue weighted by Crippen LogP contribution is 2.37. The molecule has 1 rings (SSSR count). The molecule has 2 nitrogen and oxygen atoms in total. The van der Waals surface area contributed by atoms with Crippen LogP contribution in [0.15, 0.2) is 50.5 Å². The fourth-order valence-electron chi connectivity index (χ4n) is 1.66. The van der Waals surface area contributed by atoms with Crippen LogP contribution in [0.3, 0.4) is 0 Å². The maximum Gasteiger partial charge on any atom is 0.330 e. The van der Waals surface area contributed by atoms with Crippen LogP contribution in [0.25, 0.3) is 6.08 Å². The summed E-state index contributed by atoms with van der Waals surface area (Å²) < 4.78 is 7.07. The number of hydrogen-bond acceptors (Lipinski definition) is 3. The Bertz CT molecular complexity index is 679. The molecule has 0 radical (unpaired) electrons. The van der Waals surface area contributed by atoms with Crippen molar-refractivity contribution in [1.82, 2.24) is 0 Å². The van der Waals surface area contributed by atoms with E-state index in [-0.39, 0.29) is 5.97 Å². The van der Waals surface area contributed by atoms with Gasteiger partial charge in [-0.3, -0.25) is 0 Å². The van der Waals surface area contributed by atoms with Crippen LogP contribution in [0.4, 0.5) is 0 Å². The zero-order valence-electron chi connectivity index (χ0n) is 13.7. The van der Waals surface area contributed by atoms with Crippen LogP contribution in [0, 0.1) is 6.92 Å². The van der Waals surface area contributed by atoms with Crippen molar-refractivity contribution < 1.29 is 9.53 Å². The second-order valence-corrected chi connectivity index (χ2v) is 7.74. The van der Waals surface area contributed by atoms with E-state index in [0.29, 0.717) is 6.61 Å². The first kappa shape index (κ1) is 20.1. The number of ether oxygens (including phenoxy) is 1. The molecule has 0 amide bonds. The van der Waals surface area contributed by atoms with E-state index in [2.05, 4.69) is 50.9 Å². The molecule has 0 aliphatic rings. The average Bonchev–Trinajstić information content (AvgIpc) is 2.72. The van der Waals surface area contributed by atoms with Crippen molar-refractivity contribution in [1.29, 1.82) is 0 Å². The smallest absolute Gasteiger partial charge is 0.330 e. The number of esters is 1. The predicted molar refractivity (Wildman–Crippen MR) is 107 cm³/mol. The Hall–Kier alpha value is -0.910. The van der Waals surface area contributed by atoms with Gasteiger partial charge < -0.3 is 4.74 Å². The van der Waals surface area contributed by atoms with Gasteiger partial charge in [-0.25, -0.2) is 4.79 Å². The normalized spacial score (nSPS) is 13.3. The summed E-state index contributed by atoms with van der Waals surface area (Å²) in [4.78, 5) is 13.7. The topological polar surface area (TPSA) is 26.3 Å². The van der Waals surface area contributed by atoms with Crippen molar-refractivity contribution in [3.63, 3.8) is 0 Å². The summed E-state index contributed by atoms with van der Waals surface area (Å²) in [7, 11) is 0.